The van der Waals surface area contributed by atoms with Crippen LogP contribution < -0.4 is 0 Å². The topological polar surface area (TPSA) is 0 Å². The van der Waals surface area contributed by atoms with Crippen LogP contribution in [0.4, 0.5) is 0 Å². The van der Waals surface area contributed by atoms with Gasteiger partial charge in [0.05, 0.1) is 3.23 Å². The van der Waals surface area contributed by atoms with Crippen LogP contribution in [0.5, 0.6) is 0 Å². The predicted molar refractivity (Wildman–Crippen MR) is 61.4 cm³/mol. The van der Waals surface area contributed by atoms with Crippen molar-refractivity contribution in [2.45, 2.75) is 22.0 Å². The predicted octanol–water partition coefficient (Wildman–Crippen LogP) is 4.05. The summed E-state index contributed by atoms with van der Waals surface area (Å²) in [6.45, 7) is 0. The highest BCUT2D eigenvalue weighted by molar-refractivity contribution is 9.25. The van der Waals surface area contributed by atoms with Crippen LogP contribution in [-0.2, 0) is 0 Å². The van der Waals surface area contributed by atoms with E-state index < -0.39 is 0 Å². The van der Waals surface area contributed by atoms with E-state index >= 15 is 0 Å². The molecular weight excluding hydrogens is 292 g/mol. The van der Waals surface area contributed by atoms with Gasteiger partial charge < -0.3 is 0 Å². The van der Waals surface area contributed by atoms with Crippen LogP contribution >= 0.6 is 31.9 Å². The van der Waals surface area contributed by atoms with Gasteiger partial charge in [0.25, 0.3) is 0 Å². The highest BCUT2D eigenvalue weighted by Gasteiger charge is 2.80. The molecule has 2 fully saturated rings. The third kappa shape index (κ3) is 0.964. The van der Waals surface area contributed by atoms with Crippen molar-refractivity contribution in [2.24, 2.45) is 5.41 Å². The monoisotopic (exact) mass is 300 g/mol. The minimum Gasteiger partial charge on any atom is -0.0714 e. The van der Waals surface area contributed by atoms with Crippen LogP contribution in [0.2, 0.25) is 0 Å². The number of rotatable bonds is 1. The molecule has 68 valence electrons. The van der Waals surface area contributed by atoms with Gasteiger partial charge >= 0.3 is 0 Å². The van der Waals surface area contributed by atoms with E-state index in [9.17, 15) is 0 Å². The van der Waals surface area contributed by atoms with Crippen LogP contribution in [0, 0.1) is 5.41 Å². The Balaban J connectivity index is 1.98. The van der Waals surface area contributed by atoms with Gasteiger partial charge in [-0.25, -0.2) is 0 Å². The third-order valence-electron chi connectivity index (χ3n) is 3.42. The van der Waals surface area contributed by atoms with Crippen molar-refractivity contribution < 1.29 is 0 Å². The molecule has 1 aromatic carbocycles. The first-order chi connectivity index (χ1) is 6.18. The Kier molecular flexibility index (Phi) is 1.57. The highest BCUT2D eigenvalue weighted by atomic mass is 79.9. The Labute approximate surface area is 95.0 Å². The van der Waals surface area contributed by atoms with Gasteiger partial charge in [-0.05, 0) is 18.4 Å². The lowest BCUT2D eigenvalue weighted by Crippen LogP contribution is -1.87. The van der Waals surface area contributed by atoms with Crippen LogP contribution in [0.15, 0.2) is 30.3 Å². The Morgan fingerprint density at radius 3 is 2.15 bits per heavy atom. The van der Waals surface area contributed by atoms with Crippen LogP contribution in [0.3, 0.4) is 0 Å². The fraction of sp³-hybridized carbons (Fsp3) is 0.455. The molecule has 3 rings (SSSR count). The number of hydrogen-bond acceptors (Lipinski definition) is 0. The van der Waals surface area contributed by atoms with Gasteiger partial charge in [-0.2, -0.15) is 0 Å². The van der Waals surface area contributed by atoms with Crippen LogP contribution in [0.25, 0.3) is 0 Å². The van der Waals surface area contributed by atoms with E-state index in [1.165, 1.54) is 18.4 Å². The molecule has 2 aliphatic rings. The van der Waals surface area contributed by atoms with Crippen LogP contribution in [0.1, 0.15) is 24.3 Å². The average molecular weight is 302 g/mol. The number of halogens is 2. The average Bonchev–Trinajstić information content (AvgIpc) is 2.95. The summed E-state index contributed by atoms with van der Waals surface area (Å²) < 4.78 is 0.203. The molecule has 0 N–H and O–H groups in total. The summed E-state index contributed by atoms with van der Waals surface area (Å²) in [5.41, 5.74) is 2.02. The Hall–Kier alpha value is 0.180. The second-order valence-corrected chi connectivity index (χ2v) is 7.69. The smallest absolute Gasteiger partial charge is 0.0714 e. The molecule has 0 heterocycles. The molecule has 13 heavy (non-hydrogen) atoms. The fourth-order valence-corrected chi connectivity index (χ4v) is 4.87. The van der Waals surface area contributed by atoms with Crippen molar-refractivity contribution in [1.29, 1.82) is 0 Å². The maximum Gasteiger partial charge on any atom is 0.0942 e. The van der Waals surface area contributed by atoms with E-state index in [1.807, 2.05) is 0 Å². The maximum atomic E-state index is 3.79. The number of benzene rings is 1. The van der Waals surface area contributed by atoms with Crippen molar-refractivity contribution in [3.8, 4) is 0 Å². The molecule has 0 bridgehead atoms. The lowest BCUT2D eigenvalue weighted by Gasteiger charge is -1.98. The first-order valence-corrected chi connectivity index (χ1v) is 6.20. The standard InChI is InChI=1S/C11H10Br2/c12-11(13)9(10(11)6-7-10)8-4-2-1-3-5-8/h1-5,9H,6-7H2/t9-/m0/s1. The highest BCUT2D eigenvalue weighted by Crippen LogP contribution is 2.87. The summed E-state index contributed by atoms with van der Waals surface area (Å²) in [6.07, 6.45) is 2.73. The lowest BCUT2D eigenvalue weighted by molar-refractivity contribution is 0.839. The summed E-state index contributed by atoms with van der Waals surface area (Å²) in [6, 6.07) is 10.8. The summed E-state index contributed by atoms with van der Waals surface area (Å²) >= 11 is 7.58. The van der Waals surface area contributed by atoms with Gasteiger partial charge in [-0.3, -0.25) is 0 Å². The molecule has 1 aromatic rings. The molecule has 0 aliphatic heterocycles. The third-order valence-corrected chi connectivity index (χ3v) is 5.91. The van der Waals surface area contributed by atoms with E-state index in [-0.39, 0.29) is 3.23 Å². The summed E-state index contributed by atoms with van der Waals surface area (Å²) in [4.78, 5) is 0. The second kappa shape index (κ2) is 2.40. The van der Waals surface area contributed by atoms with Crippen molar-refractivity contribution in [1.82, 2.24) is 0 Å². The maximum absolute atomic E-state index is 3.79. The van der Waals surface area contributed by atoms with Gasteiger partial charge in [-0.15, -0.1) is 0 Å². The first kappa shape index (κ1) is 8.49. The van der Waals surface area contributed by atoms with Gasteiger partial charge in [-0.1, -0.05) is 62.2 Å². The molecule has 2 heteroatoms. The number of alkyl halides is 2. The molecular formula is C11H10Br2. The van der Waals surface area contributed by atoms with Gasteiger partial charge in [0, 0.05) is 11.3 Å². The molecule has 0 aromatic heterocycles. The normalized spacial score (nSPS) is 31.7. The Morgan fingerprint density at radius 2 is 1.69 bits per heavy atom. The Bertz CT molecular complexity index is 334. The Morgan fingerprint density at radius 1 is 1.08 bits per heavy atom. The van der Waals surface area contributed by atoms with E-state index in [1.54, 1.807) is 0 Å². The minimum atomic E-state index is 0.203. The van der Waals surface area contributed by atoms with E-state index in [0.717, 1.165) is 0 Å². The van der Waals surface area contributed by atoms with Gasteiger partial charge in [0.2, 0.25) is 0 Å². The molecule has 0 radical (unpaired) electrons. The van der Waals surface area contributed by atoms with E-state index in [4.69, 9.17) is 0 Å². The quantitative estimate of drug-likeness (QED) is 0.687. The molecule has 1 spiro atoms. The summed E-state index contributed by atoms with van der Waals surface area (Å²) in [7, 11) is 0. The van der Waals surface area contributed by atoms with Gasteiger partial charge in [0.1, 0.15) is 0 Å². The summed E-state index contributed by atoms with van der Waals surface area (Å²) in [5, 5.41) is 0. The molecule has 2 saturated carbocycles. The lowest BCUT2D eigenvalue weighted by atomic mass is 10.1. The zero-order chi connectivity index (χ0) is 9.10. The molecule has 0 saturated heterocycles. The molecule has 1 atom stereocenters. The zero-order valence-electron chi connectivity index (χ0n) is 7.13. The molecule has 0 nitrogen and oxygen atoms in total. The summed E-state index contributed by atoms with van der Waals surface area (Å²) in [5.74, 6) is 0.682. The van der Waals surface area contributed by atoms with Gasteiger partial charge in [0.15, 0.2) is 0 Å². The SMILES string of the molecule is BrC1(Br)[C@@H](c2ccccc2)C12CC2. The van der Waals surface area contributed by atoms with E-state index in [2.05, 4.69) is 62.2 Å². The number of hydrogen-bond donors (Lipinski definition) is 0. The van der Waals surface area contributed by atoms with E-state index in [0.29, 0.717) is 11.3 Å². The fourth-order valence-electron chi connectivity index (χ4n) is 2.44. The van der Waals surface area contributed by atoms with Crippen molar-refractivity contribution in [2.75, 3.05) is 0 Å². The van der Waals surface area contributed by atoms with Crippen molar-refractivity contribution in [3.63, 3.8) is 0 Å². The molecule has 0 unspecified atom stereocenters. The second-order valence-electron chi connectivity index (χ2n) is 4.12. The first-order valence-electron chi connectivity index (χ1n) is 4.61. The van der Waals surface area contributed by atoms with Crippen molar-refractivity contribution in [3.05, 3.63) is 35.9 Å². The minimum absolute atomic E-state index is 0.203. The zero-order valence-corrected chi connectivity index (χ0v) is 10.3. The van der Waals surface area contributed by atoms with Crippen LogP contribution in [-0.4, -0.2) is 3.23 Å². The largest absolute Gasteiger partial charge is 0.0942 e. The van der Waals surface area contributed by atoms with Crippen molar-refractivity contribution >= 4 is 31.9 Å². The molecule has 0 amide bonds. The molecule has 2 aliphatic carbocycles.